The molecule has 0 bridgehead atoms. The van der Waals surface area contributed by atoms with Crippen molar-refractivity contribution < 1.29 is 19.4 Å². The van der Waals surface area contributed by atoms with Crippen molar-refractivity contribution in [2.24, 2.45) is 0 Å². The summed E-state index contributed by atoms with van der Waals surface area (Å²) < 4.78 is 5.58. The molecule has 5 aromatic rings. The number of carbonyl (C=O) groups excluding carboxylic acids is 1. The molecule has 1 aliphatic carbocycles. The molecule has 7 nitrogen and oxygen atoms in total. The number of aliphatic carboxylic acids is 1. The second-order valence-electron chi connectivity index (χ2n) is 9.08. The Morgan fingerprint density at radius 2 is 1.51 bits per heavy atom. The van der Waals surface area contributed by atoms with Gasteiger partial charge in [-0.15, -0.1) is 0 Å². The van der Waals surface area contributed by atoms with Gasteiger partial charge in [-0.3, -0.25) is 9.97 Å². The fraction of sp³-hybridized carbons (Fsp3) is 0.133. The minimum absolute atomic E-state index is 0.0759. The molecule has 2 heterocycles. The Hall–Kier alpha value is -4.78. The summed E-state index contributed by atoms with van der Waals surface area (Å²) in [6.45, 7) is 0.112. The Morgan fingerprint density at radius 1 is 0.865 bits per heavy atom. The molecule has 7 heteroatoms. The molecule has 0 fully saturated rings. The Morgan fingerprint density at radius 3 is 2.22 bits per heavy atom. The summed E-state index contributed by atoms with van der Waals surface area (Å²) in [5.74, 6) is -1.25. The first-order valence-corrected chi connectivity index (χ1v) is 12.1. The largest absolute Gasteiger partial charge is 0.480 e. The van der Waals surface area contributed by atoms with E-state index in [-0.39, 0.29) is 18.9 Å². The highest BCUT2D eigenvalue weighted by atomic mass is 16.5. The van der Waals surface area contributed by atoms with Crippen LogP contribution in [0.4, 0.5) is 4.79 Å². The smallest absolute Gasteiger partial charge is 0.407 e. The van der Waals surface area contributed by atoms with Crippen molar-refractivity contribution >= 4 is 33.9 Å². The predicted octanol–water partition coefficient (Wildman–Crippen LogP) is 5.32. The van der Waals surface area contributed by atoms with Crippen LogP contribution in [-0.4, -0.2) is 39.8 Å². The van der Waals surface area contributed by atoms with Gasteiger partial charge in [-0.2, -0.15) is 0 Å². The number of amides is 1. The van der Waals surface area contributed by atoms with Crippen molar-refractivity contribution in [1.82, 2.24) is 15.3 Å². The first-order chi connectivity index (χ1) is 18.1. The van der Waals surface area contributed by atoms with Crippen LogP contribution in [0.3, 0.4) is 0 Å². The van der Waals surface area contributed by atoms with Crippen molar-refractivity contribution in [1.29, 1.82) is 0 Å². The van der Waals surface area contributed by atoms with E-state index in [4.69, 9.17) is 4.74 Å². The Balaban J connectivity index is 1.21. The van der Waals surface area contributed by atoms with Crippen LogP contribution in [-0.2, 0) is 16.0 Å². The van der Waals surface area contributed by atoms with Crippen LogP contribution in [0.1, 0.15) is 22.6 Å². The topological polar surface area (TPSA) is 101 Å². The maximum absolute atomic E-state index is 12.8. The van der Waals surface area contributed by atoms with E-state index in [1.165, 1.54) is 0 Å². The number of nitrogens with zero attached hydrogens (tertiary/aromatic N) is 2. The number of hydrogen-bond acceptors (Lipinski definition) is 5. The summed E-state index contributed by atoms with van der Waals surface area (Å²) in [7, 11) is 0. The number of ether oxygens (including phenoxy) is 1. The monoisotopic (exact) mass is 489 g/mol. The van der Waals surface area contributed by atoms with E-state index in [9.17, 15) is 14.7 Å². The molecule has 1 amide bonds. The lowest BCUT2D eigenvalue weighted by Crippen LogP contribution is -2.43. The summed E-state index contributed by atoms with van der Waals surface area (Å²) in [6.07, 6.45) is 2.70. The van der Waals surface area contributed by atoms with Gasteiger partial charge in [0, 0.05) is 35.5 Å². The third-order valence-electron chi connectivity index (χ3n) is 6.90. The van der Waals surface area contributed by atoms with Gasteiger partial charge in [-0.1, -0.05) is 60.7 Å². The number of alkyl carbamates (subject to hydrolysis) is 1. The number of pyridine rings is 2. The van der Waals surface area contributed by atoms with Crippen LogP contribution < -0.4 is 5.32 Å². The Bertz CT molecular complexity index is 1620. The second-order valence-corrected chi connectivity index (χ2v) is 9.08. The predicted molar refractivity (Wildman–Crippen MR) is 140 cm³/mol. The number of hydrogen-bond donors (Lipinski definition) is 2. The highest BCUT2D eigenvalue weighted by molar-refractivity contribution is 6.04. The number of carbonyl (C=O) groups is 2. The molecule has 37 heavy (non-hydrogen) atoms. The summed E-state index contributed by atoms with van der Waals surface area (Å²) >= 11 is 0. The number of rotatable bonds is 6. The van der Waals surface area contributed by atoms with E-state index in [1.807, 2.05) is 60.7 Å². The highest BCUT2D eigenvalue weighted by Crippen LogP contribution is 2.44. The maximum Gasteiger partial charge on any atom is 0.407 e. The van der Waals surface area contributed by atoms with Crippen LogP contribution in [0.2, 0.25) is 0 Å². The average Bonchev–Trinajstić information content (AvgIpc) is 3.25. The first-order valence-electron chi connectivity index (χ1n) is 12.1. The fourth-order valence-electron chi connectivity index (χ4n) is 5.22. The van der Waals surface area contributed by atoms with Gasteiger partial charge >= 0.3 is 12.1 Å². The third kappa shape index (κ3) is 4.14. The number of aromatic nitrogens is 2. The average molecular weight is 490 g/mol. The molecule has 0 radical (unpaired) electrons. The molecule has 0 saturated heterocycles. The lowest BCUT2D eigenvalue weighted by atomic mass is 9.98. The van der Waals surface area contributed by atoms with E-state index >= 15 is 0 Å². The first kappa shape index (κ1) is 22.7. The van der Waals surface area contributed by atoms with Crippen molar-refractivity contribution in [3.05, 3.63) is 108 Å². The number of carboxylic acid groups (broad SMARTS) is 1. The summed E-state index contributed by atoms with van der Waals surface area (Å²) in [5, 5.41) is 14.1. The Kier molecular flexibility index (Phi) is 5.73. The molecule has 1 unspecified atom stereocenters. The van der Waals surface area contributed by atoms with Gasteiger partial charge in [0.1, 0.15) is 12.6 Å². The molecule has 1 aliphatic rings. The molecule has 0 saturated carbocycles. The third-order valence-corrected chi connectivity index (χ3v) is 6.90. The van der Waals surface area contributed by atoms with Gasteiger partial charge in [-0.05, 0) is 46.0 Å². The zero-order valence-corrected chi connectivity index (χ0v) is 19.8. The quantitative estimate of drug-likeness (QED) is 0.313. The van der Waals surface area contributed by atoms with Gasteiger partial charge < -0.3 is 15.2 Å². The molecule has 2 aromatic heterocycles. The van der Waals surface area contributed by atoms with E-state index in [0.717, 1.165) is 44.1 Å². The number of fused-ring (bicyclic) bond motifs is 6. The molecular formula is C30H23N3O4. The zero-order valence-electron chi connectivity index (χ0n) is 19.8. The summed E-state index contributed by atoms with van der Waals surface area (Å²) in [5.41, 5.74) is 6.64. The highest BCUT2D eigenvalue weighted by Gasteiger charge is 2.30. The van der Waals surface area contributed by atoms with Crippen LogP contribution >= 0.6 is 0 Å². The van der Waals surface area contributed by atoms with Crippen LogP contribution in [0.25, 0.3) is 32.9 Å². The maximum atomic E-state index is 12.8. The summed E-state index contributed by atoms with van der Waals surface area (Å²) in [4.78, 5) is 33.8. The molecule has 6 rings (SSSR count). The van der Waals surface area contributed by atoms with Crippen molar-refractivity contribution in [3.8, 4) is 11.1 Å². The normalized spacial score (nSPS) is 13.2. The van der Waals surface area contributed by atoms with E-state index in [2.05, 4.69) is 27.4 Å². The van der Waals surface area contributed by atoms with Crippen LogP contribution in [0.15, 0.2) is 91.3 Å². The van der Waals surface area contributed by atoms with Crippen molar-refractivity contribution in [2.75, 3.05) is 6.61 Å². The van der Waals surface area contributed by atoms with Crippen LogP contribution in [0.5, 0.6) is 0 Å². The molecule has 3 aromatic carbocycles. The molecule has 2 N–H and O–H groups in total. The number of benzene rings is 3. The lowest BCUT2D eigenvalue weighted by molar-refractivity contribution is -0.139. The number of nitrogens with one attached hydrogen (secondary N) is 1. The van der Waals surface area contributed by atoms with E-state index < -0.39 is 18.1 Å². The standard InChI is InChI=1S/C30H23N3O4/c34-29(35)26(16-19-15-18-7-5-13-31-27(18)28-20(19)12-6-14-32-28)33-30(36)37-17-25-23-10-3-1-8-21(23)22-9-2-4-11-24(22)25/h1-15,25-26H,16-17H2,(H,33,36)(H,34,35). The molecule has 0 spiro atoms. The minimum Gasteiger partial charge on any atom is -0.480 e. The summed E-state index contributed by atoms with van der Waals surface area (Å²) in [6, 6.07) is 24.3. The van der Waals surface area contributed by atoms with Gasteiger partial charge in [0.25, 0.3) is 0 Å². The lowest BCUT2D eigenvalue weighted by Gasteiger charge is -2.18. The Labute approximate surface area is 212 Å². The molecule has 1 atom stereocenters. The SMILES string of the molecule is O=C(NC(Cc1cc2cccnc2c2ncccc12)C(=O)O)OCC1c2ccccc2-c2ccccc21. The molecular weight excluding hydrogens is 466 g/mol. The van der Waals surface area contributed by atoms with Crippen molar-refractivity contribution in [2.45, 2.75) is 18.4 Å². The fourth-order valence-corrected chi connectivity index (χ4v) is 5.22. The van der Waals surface area contributed by atoms with Crippen LogP contribution in [0, 0.1) is 0 Å². The van der Waals surface area contributed by atoms with Gasteiger partial charge in [0.2, 0.25) is 0 Å². The van der Waals surface area contributed by atoms with Gasteiger partial charge in [-0.25, -0.2) is 9.59 Å². The second kappa shape index (κ2) is 9.35. The van der Waals surface area contributed by atoms with E-state index in [1.54, 1.807) is 18.5 Å². The molecule has 0 aliphatic heterocycles. The van der Waals surface area contributed by atoms with Gasteiger partial charge in [0.15, 0.2) is 0 Å². The minimum atomic E-state index is -1.17. The van der Waals surface area contributed by atoms with E-state index in [0.29, 0.717) is 5.52 Å². The van der Waals surface area contributed by atoms with Gasteiger partial charge in [0.05, 0.1) is 11.0 Å². The van der Waals surface area contributed by atoms with Crippen molar-refractivity contribution in [3.63, 3.8) is 0 Å². The molecule has 182 valence electrons. The number of carboxylic acids is 1. The zero-order chi connectivity index (χ0) is 25.4.